The predicted octanol–water partition coefficient (Wildman–Crippen LogP) is 2.73. The maximum absolute atomic E-state index is 12.3. The van der Waals surface area contributed by atoms with Crippen LogP contribution in [0.4, 0.5) is 8.78 Å². The van der Waals surface area contributed by atoms with Gasteiger partial charge in [-0.2, -0.15) is 0 Å². The summed E-state index contributed by atoms with van der Waals surface area (Å²) in [6.07, 6.45) is 0. The van der Waals surface area contributed by atoms with E-state index in [1.54, 1.807) is 6.92 Å². The Hall–Kier alpha value is -1.03. The van der Waals surface area contributed by atoms with Gasteiger partial charge < -0.3 is 5.73 Å². The Morgan fingerprint density at radius 3 is 2.23 bits per heavy atom. The molecule has 1 rings (SSSR count). The van der Waals surface area contributed by atoms with Crippen LogP contribution in [0, 0.1) is 11.6 Å². The fourth-order valence-electron chi connectivity index (χ4n) is 0.481. The van der Waals surface area contributed by atoms with Crippen molar-refractivity contribution in [1.82, 2.24) is 0 Å². The van der Waals surface area contributed by atoms with Crippen LogP contribution in [0.2, 0.25) is 0 Å². The summed E-state index contributed by atoms with van der Waals surface area (Å²) in [5.41, 5.74) is 5.58. The number of hydrogen-bond donors (Lipinski definition) is 2. The summed E-state index contributed by atoms with van der Waals surface area (Å²) >= 11 is 3.70. The second-order valence-electron chi connectivity index (χ2n) is 2.44. The highest BCUT2D eigenvalue weighted by atomic mass is 32.1. The summed E-state index contributed by atoms with van der Waals surface area (Å²) in [7, 11) is 0. The van der Waals surface area contributed by atoms with Crippen LogP contribution >= 0.6 is 12.6 Å². The van der Waals surface area contributed by atoms with Crippen LogP contribution in [-0.4, -0.2) is 0 Å². The highest BCUT2D eigenvalue weighted by Gasteiger charge is 1.96. The van der Waals surface area contributed by atoms with E-state index in [2.05, 4.69) is 19.2 Å². The molecule has 0 radical (unpaired) electrons. The maximum atomic E-state index is 12.3. The smallest absolute Gasteiger partial charge is 0.139 e. The molecule has 0 bridgehead atoms. The van der Waals surface area contributed by atoms with E-state index >= 15 is 0 Å². The Kier molecular flexibility index (Phi) is 5.14. The maximum Gasteiger partial charge on any atom is 0.139 e. The van der Waals surface area contributed by atoms with Gasteiger partial charge in [0.15, 0.2) is 0 Å². The standard InChI is InChI=1S/C6H4F2S.C3H7N/c7-4-1-2-6(9)5(8)3-4;1-3(2)4/h1-3,9H;1,4H2,2H3. The molecule has 1 nitrogen and oxygen atoms in total. The largest absolute Gasteiger partial charge is 0.403 e. The van der Waals surface area contributed by atoms with E-state index in [1.165, 1.54) is 6.07 Å². The van der Waals surface area contributed by atoms with Gasteiger partial charge in [-0.15, -0.1) is 12.6 Å². The van der Waals surface area contributed by atoms with E-state index in [4.69, 9.17) is 5.73 Å². The van der Waals surface area contributed by atoms with Crippen molar-refractivity contribution in [3.63, 3.8) is 0 Å². The molecule has 0 saturated carbocycles. The summed E-state index contributed by atoms with van der Waals surface area (Å²) in [5.74, 6) is -1.20. The van der Waals surface area contributed by atoms with Gasteiger partial charge in [-0.25, -0.2) is 8.78 Å². The quantitative estimate of drug-likeness (QED) is 0.623. The minimum Gasteiger partial charge on any atom is -0.403 e. The van der Waals surface area contributed by atoms with Crippen LogP contribution in [0.15, 0.2) is 35.4 Å². The SMILES string of the molecule is C=C(C)N.Fc1ccc(S)c(F)c1. The van der Waals surface area contributed by atoms with Gasteiger partial charge in [0.25, 0.3) is 0 Å². The van der Waals surface area contributed by atoms with Gasteiger partial charge in [0.2, 0.25) is 0 Å². The van der Waals surface area contributed by atoms with E-state index in [0.29, 0.717) is 5.70 Å². The molecule has 0 aliphatic rings. The van der Waals surface area contributed by atoms with Crippen LogP contribution in [0.1, 0.15) is 6.92 Å². The molecule has 1 aromatic carbocycles. The normalized spacial score (nSPS) is 8.62. The first-order chi connectivity index (χ1) is 5.93. The van der Waals surface area contributed by atoms with Gasteiger partial charge in [-0.05, 0) is 24.8 Å². The highest BCUT2D eigenvalue weighted by Crippen LogP contribution is 2.11. The number of hydrogen-bond acceptors (Lipinski definition) is 2. The van der Waals surface area contributed by atoms with E-state index < -0.39 is 11.6 Å². The lowest BCUT2D eigenvalue weighted by Gasteiger charge is -1.91. The van der Waals surface area contributed by atoms with Crippen LogP contribution in [0.5, 0.6) is 0 Å². The minimum absolute atomic E-state index is 0.163. The molecule has 13 heavy (non-hydrogen) atoms. The molecule has 72 valence electrons. The molecule has 0 heterocycles. The number of rotatable bonds is 0. The molecule has 0 saturated heterocycles. The molecule has 1 aromatic rings. The third kappa shape index (κ3) is 6.16. The van der Waals surface area contributed by atoms with E-state index in [-0.39, 0.29) is 4.90 Å². The third-order valence-electron chi connectivity index (χ3n) is 0.910. The molecule has 0 aromatic heterocycles. The van der Waals surface area contributed by atoms with Crippen LogP contribution < -0.4 is 5.73 Å². The third-order valence-corrected chi connectivity index (χ3v) is 1.27. The highest BCUT2D eigenvalue weighted by molar-refractivity contribution is 7.80. The Morgan fingerprint density at radius 2 is 1.92 bits per heavy atom. The van der Waals surface area contributed by atoms with E-state index in [1.807, 2.05) is 0 Å². The van der Waals surface area contributed by atoms with Gasteiger partial charge in [-0.3, -0.25) is 0 Å². The van der Waals surface area contributed by atoms with Gasteiger partial charge in [0.1, 0.15) is 11.6 Å². The number of benzene rings is 1. The fourth-order valence-corrected chi connectivity index (χ4v) is 0.620. The monoisotopic (exact) mass is 203 g/mol. The topological polar surface area (TPSA) is 26.0 Å². The zero-order chi connectivity index (χ0) is 10.4. The first-order valence-corrected chi connectivity index (χ1v) is 3.93. The van der Waals surface area contributed by atoms with Crippen LogP contribution in [0.25, 0.3) is 0 Å². The van der Waals surface area contributed by atoms with Gasteiger partial charge in [-0.1, -0.05) is 6.58 Å². The van der Waals surface area contributed by atoms with Crippen molar-refractivity contribution >= 4 is 12.6 Å². The lowest BCUT2D eigenvalue weighted by molar-refractivity contribution is 0.566. The molecule has 0 aliphatic carbocycles. The summed E-state index contributed by atoms with van der Waals surface area (Å²) in [6.45, 7) is 5.08. The molecule has 0 amide bonds. The molecule has 0 unspecified atom stereocenters. The zero-order valence-corrected chi connectivity index (χ0v) is 8.11. The van der Waals surface area contributed by atoms with Crippen molar-refractivity contribution in [2.75, 3.05) is 0 Å². The number of thiol groups is 1. The van der Waals surface area contributed by atoms with Crippen molar-refractivity contribution in [3.05, 3.63) is 42.1 Å². The van der Waals surface area contributed by atoms with Crippen molar-refractivity contribution in [2.24, 2.45) is 5.73 Å². The molecule has 0 spiro atoms. The van der Waals surface area contributed by atoms with Crippen molar-refractivity contribution in [1.29, 1.82) is 0 Å². The van der Waals surface area contributed by atoms with E-state index in [9.17, 15) is 8.78 Å². The number of allylic oxidation sites excluding steroid dienone is 1. The van der Waals surface area contributed by atoms with Crippen LogP contribution in [0.3, 0.4) is 0 Å². The van der Waals surface area contributed by atoms with Gasteiger partial charge in [0, 0.05) is 11.0 Å². The average Bonchev–Trinajstić information content (AvgIpc) is 1.96. The lowest BCUT2D eigenvalue weighted by atomic mass is 10.3. The van der Waals surface area contributed by atoms with E-state index in [0.717, 1.165) is 12.1 Å². The van der Waals surface area contributed by atoms with Crippen molar-refractivity contribution in [3.8, 4) is 0 Å². The zero-order valence-electron chi connectivity index (χ0n) is 7.22. The Bertz CT molecular complexity index is 296. The number of halogens is 2. The number of nitrogens with two attached hydrogens (primary N) is 1. The Balaban J connectivity index is 0.000000310. The first kappa shape index (κ1) is 12.0. The average molecular weight is 203 g/mol. The Morgan fingerprint density at radius 1 is 1.46 bits per heavy atom. The molecule has 2 N–H and O–H groups in total. The van der Waals surface area contributed by atoms with Gasteiger partial charge >= 0.3 is 0 Å². The summed E-state index contributed by atoms with van der Waals surface area (Å²) in [6, 6.07) is 3.22. The molecular formula is C9H11F2NS. The minimum atomic E-state index is -0.627. The fraction of sp³-hybridized carbons (Fsp3) is 0.111. The van der Waals surface area contributed by atoms with Crippen molar-refractivity contribution in [2.45, 2.75) is 11.8 Å². The second kappa shape index (κ2) is 5.59. The lowest BCUT2D eigenvalue weighted by Crippen LogP contribution is -1.83. The summed E-state index contributed by atoms with van der Waals surface area (Å²) in [5, 5.41) is 0. The van der Waals surface area contributed by atoms with Crippen LogP contribution in [-0.2, 0) is 0 Å². The molecule has 4 heteroatoms. The van der Waals surface area contributed by atoms with Gasteiger partial charge in [0.05, 0.1) is 0 Å². The molecule has 0 atom stereocenters. The Labute approximate surface area is 81.7 Å². The molecule has 0 aliphatic heterocycles. The molecular weight excluding hydrogens is 192 g/mol. The van der Waals surface area contributed by atoms with Crippen molar-refractivity contribution < 1.29 is 8.78 Å². The second-order valence-corrected chi connectivity index (χ2v) is 2.92. The molecule has 0 fully saturated rings. The first-order valence-electron chi connectivity index (χ1n) is 3.48. The summed E-state index contributed by atoms with van der Waals surface area (Å²) in [4.78, 5) is 0.163. The predicted molar refractivity (Wildman–Crippen MR) is 52.6 cm³/mol. The summed E-state index contributed by atoms with van der Waals surface area (Å²) < 4.78 is 24.3.